The molecule has 0 saturated heterocycles. The van der Waals surface area contributed by atoms with Crippen molar-refractivity contribution >= 4 is 56.1 Å². The van der Waals surface area contributed by atoms with E-state index >= 15 is 0 Å². The van der Waals surface area contributed by atoms with Crippen molar-refractivity contribution in [1.82, 2.24) is 0 Å². The van der Waals surface area contributed by atoms with Crippen molar-refractivity contribution in [3.8, 4) is 44.5 Å². The Kier molecular flexibility index (Phi) is 10.8. The Morgan fingerprint density at radius 2 is 0.582 bits per heavy atom. The molecule has 1 aromatic heterocycles. The molecule has 0 bridgehead atoms. The minimum atomic E-state index is 0.906. The van der Waals surface area contributed by atoms with E-state index in [1.54, 1.807) is 0 Å². The topological polar surface area (TPSA) is 19.6 Å². The van der Waals surface area contributed by atoms with Gasteiger partial charge in [0.2, 0.25) is 0 Å². The van der Waals surface area contributed by atoms with Crippen LogP contribution in [0.3, 0.4) is 0 Å². The lowest BCUT2D eigenvalue weighted by atomic mass is 9.92. The van der Waals surface area contributed by atoms with E-state index in [2.05, 4.69) is 256 Å². The van der Waals surface area contributed by atoms with Gasteiger partial charge in [-0.3, -0.25) is 0 Å². The molecule has 3 heteroatoms. The molecule has 10 aromatic carbocycles. The zero-order valence-electron chi connectivity index (χ0n) is 38.2. The Labute approximate surface area is 393 Å². The molecule has 3 nitrogen and oxygen atoms in total. The summed E-state index contributed by atoms with van der Waals surface area (Å²) in [6.07, 6.45) is 0. The van der Waals surface area contributed by atoms with Crippen molar-refractivity contribution in [3.63, 3.8) is 0 Å². The summed E-state index contributed by atoms with van der Waals surface area (Å²) in [6, 6.07) is 83.7. The summed E-state index contributed by atoms with van der Waals surface area (Å²) in [5.41, 5.74) is 22.6. The van der Waals surface area contributed by atoms with E-state index in [1.165, 1.54) is 22.3 Å². The van der Waals surface area contributed by atoms with Gasteiger partial charge in [-0.25, -0.2) is 0 Å². The lowest BCUT2D eigenvalue weighted by Gasteiger charge is -2.26. The Bertz CT molecular complexity index is 3250. The zero-order chi connectivity index (χ0) is 45.4. The van der Waals surface area contributed by atoms with Crippen LogP contribution in [-0.4, -0.2) is 0 Å². The van der Waals surface area contributed by atoms with Crippen molar-refractivity contribution in [1.29, 1.82) is 0 Å². The summed E-state index contributed by atoms with van der Waals surface area (Å²) in [4.78, 5) is 4.66. The summed E-state index contributed by atoms with van der Waals surface area (Å²) in [5, 5.41) is 2.27. The van der Waals surface area contributed by atoms with Gasteiger partial charge >= 0.3 is 0 Å². The number of fused-ring (bicyclic) bond motifs is 3. The van der Waals surface area contributed by atoms with Gasteiger partial charge < -0.3 is 14.2 Å². The number of anilines is 6. The number of rotatable bonds is 10. The lowest BCUT2D eigenvalue weighted by molar-refractivity contribution is 0.670. The van der Waals surface area contributed by atoms with E-state index in [9.17, 15) is 0 Å². The van der Waals surface area contributed by atoms with E-state index in [-0.39, 0.29) is 0 Å². The first-order valence-electron chi connectivity index (χ1n) is 23.1. The zero-order valence-corrected chi connectivity index (χ0v) is 38.2. The highest BCUT2D eigenvalue weighted by atomic mass is 16.3. The molecule has 0 unspecified atom stereocenters. The van der Waals surface area contributed by atoms with Gasteiger partial charge in [0.05, 0.1) is 0 Å². The second-order valence-corrected chi connectivity index (χ2v) is 17.8. The third-order valence-corrected chi connectivity index (χ3v) is 13.0. The number of hydrogen-bond acceptors (Lipinski definition) is 3. The van der Waals surface area contributed by atoms with Crippen molar-refractivity contribution in [2.45, 2.75) is 27.7 Å². The molecule has 0 aliphatic rings. The van der Waals surface area contributed by atoms with Gasteiger partial charge in [0.25, 0.3) is 0 Å². The van der Waals surface area contributed by atoms with Crippen molar-refractivity contribution < 1.29 is 4.42 Å². The quantitative estimate of drug-likeness (QED) is 0.137. The maximum atomic E-state index is 6.44. The third kappa shape index (κ3) is 8.29. The standard InChI is InChI=1S/C64H50N2O/c1-43-12-28-54(29-13-43)65(55-30-14-44(2)15-31-55)58-36-24-48(25-37-58)52-40-51(47-20-22-50(23-21-47)60-9-7-10-62-61-8-5-6-11-63(61)67-64(60)62)41-53(42-52)49-26-38-59(39-27-49)66(56-32-16-45(3)17-33-56)57-34-18-46(4)19-35-57/h5-42H,1-4H3. The average molecular weight is 863 g/mol. The van der Waals surface area contributed by atoms with Crippen molar-refractivity contribution in [3.05, 3.63) is 253 Å². The van der Waals surface area contributed by atoms with Crippen LogP contribution < -0.4 is 9.80 Å². The second kappa shape index (κ2) is 17.5. The van der Waals surface area contributed by atoms with E-state index in [1.807, 2.05) is 12.1 Å². The Hall–Kier alpha value is -8.40. The minimum Gasteiger partial charge on any atom is -0.455 e. The van der Waals surface area contributed by atoms with E-state index in [0.717, 1.165) is 101 Å². The predicted octanol–water partition coefficient (Wildman–Crippen LogP) is 18.4. The van der Waals surface area contributed by atoms with Crippen LogP contribution in [0.2, 0.25) is 0 Å². The number of furan rings is 1. The normalized spacial score (nSPS) is 11.3. The Balaban J connectivity index is 0.994. The fourth-order valence-corrected chi connectivity index (χ4v) is 9.22. The van der Waals surface area contributed by atoms with Crippen LogP contribution in [0, 0.1) is 27.7 Å². The van der Waals surface area contributed by atoms with Gasteiger partial charge in [0.15, 0.2) is 0 Å². The maximum Gasteiger partial charge on any atom is 0.143 e. The highest BCUT2D eigenvalue weighted by molar-refractivity contribution is 6.09. The summed E-state index contributed by atoms with van der Waals surface area (Å²) >= 11 is 0. The number of hydrogen-bond donors (Lipinski definition) is 0. The van der Waals surface area contributed by atoms with Gasteiger partial charge in [-0.2, -0.15) is 0 Å². The SMILES string of the molecule is Cc1ccc(N(c2ccc(C)cc2)c2ccc(-c3cc(-c4ccc(-c5cccc6c5oc5ccccc56)cc4)cc(-c4ccc(N(c5ccc(C)cc5)c5ccc(C)cc5)cc4)c3)cc2)cc1. The van der Waals surface area contributed by atoms with E-state index in [0.29, 0.717) is 0 Å². The molecule has 0 saturated carbocycles. The molecule has 0 fully saturated rings. The van der Waals surface area contributed by atoms with Crippen LogP contribution in [0.5, 0.6) is 0 Å². The van der Waals surface area contributed by atoms with Crippen LogP contribution in [0.1, 0.15) is 22.3 Å². The number of para-hydroxylation sites is 2. The second-order valence-electron chi connectivity index (χ2n) is 17.8. The van der Waals surface area contributed by atoms with Crippen LogP contribution in [0.25, 0.3) is 66.4 Å². The van der Waals surface area contributed by atoms with Gasteiger partial charge in [-0.1, -0.05) is 156 Å². The summed E-state index contributed by atoms with van der Waals surface area (Å²) in [6.45, 7) is 8.53. The van der Waals surface area contributed by atoms with Crippen LogP contribution >= 0.6 is 0 Å². The van der Waals surface area contributed by atoms with Crippen LogP contribution in [-0.2, 0) is 0 Å². The average Bonchev–Trinajstić information content (AvgIpc) is 3.76. The molecule has 0 aliphatic carbocycles. The highest BCUT2D eigenvalue weighted by Gasteiger charge is 2.17. The fraction of sp³-hybridized carbons (Fsp3) is 0.0625. The molecule has 1 heterocycles. The number of nitrogens with zero attached hydrogens (tertiary/aromatic N) is 2. The lowest BCUT2D eigenvalue weighted by Crippen LogP contribution is -2.09. The molecule has 0 radical (unpaired) electrons. The largest absolute Gasteiger partial charge is 0.455 e. The highest BCUT2D eigenvalue weighted by Crippen LogP contribution is 2.41. The molecule has 11 rings (SSSR count). The molecular weight excluding hydrogens is 813 g/mol. The van der Waals surface area contributed by atoms with E-state index in [4.69, 9.17) is 4.42 Å². The third-order valence-electron chi connectivity index (χ3n) is 13.0. The summed E-state index contributed by atoms with van der Waals surface area (Å²) in [7, 11) is 0. The van der Waals surface area contributed by atoms with Gasteiger partial charge in [-0.15, -0.1) is 0 Å². The van der Waals surface area contributed by atoms with Gasteiger partial charge in [0, 0.05) is 50.5 Å². The minimum absolute atomic E-state index is 0.906. The Morgan fingerprint density at radius 1 is 0.269 bits per heavy atom. The molecule has 0 N–H and O–H groups in total. The Morgan fingerprint density at radius 3 is 0.970 bits per heavy atom. The first-order valence-corrected chi connectivity index (χ1v) is 23.1. The van der Waals surface area contributed by atoms with Crippen molar-refractivity contribution in [2.75, 3.05) is 9.80 Å². The first-order chi connectivity index (χ1) is 32.8. The monoisotopic (exact) mass is 862 g/mol. The molecule has 322 valence electrons. The van der Waals surface area contributed by atoms with Crippen LogP contribution in [0.4, 0.5) is 34.1 Å². The van der Waals surface area contributed by atoms with Crippen LogP contribution in [0.15, 0.2) is 235 Å². The summed E-state index contributed by atoms with van der Waals surface area (Å²) < 4.78 is 6.44. The number of aryl methyl sites for hydroxylation is 4. The predicted molar refractivity (Wildman–Crippen MR) is 284 cm³/mol. The van der Waals surface area contributed by atoms with Gasteiger partial charge in [-0.05, 0) is 164 Å². The smallest absolute Gasteiger partial charge is 0.143 e. The molecule has 0 aliphatic heterocycles. The number of benzene rings is 10. The maximum absolute atomic E-state index is 6.44. The molecule has 0 spiro atoms. The first kappa shape index (κ1) is 41.3. The fourth-order valence-electron chi connectivity index (χ4n) is 9.22. The van der Waals surface area contributed by atoms with Gasteiger partial charge in [0.1, 0.15) is 11.2 Å². The molecule has 11 aromatic rings. The molecule has 0 atom stereocenters. The molecule has 0 amide bonds. The summed E-state index contributed by atoms with van der Waals surface area (Å²) in [5.74, 6) is 0. The van der Waals surface area contributed by atoms with Crippen molar-refractivity contribution in [2.24, 2.45) is 0 Å². The molecular formula is C64H50N2O. The van der Waals surface area contributed by atoms with E-state index < -0.39 is 0 Å². The molecule has 67 heavy (non-hydrogen) atoms.